The smallest absolute Gasteiger partial charge is 0.186 e. The Morgan fingerprint density at radius 3 is 3.08 bits per heavy atom. The van der Waals surface area contributed by atoms with Crippen LogP contribution in [0.3, 0.4) is 0 Å². The van der Waals surface area contributed by atoms with Crippen LogP contribution in [0.15, 0.2) is 12.5 Å². The molecule has 6 heteroatoms. The second-order valence-corrected chi connectivity index (χ2v) is 2.54. The summed E-state index contributed by atoms with van der Waals surface area (Å²) in [5.74, 6) is 5.42. The van der Waals surface area contributed by atoms with Gasteiger partial charge in [0.25, 0.3) is 0 Å². The van der Waals surface area contributed by atoms with E-state index in [1.807, 2.05) is 0 Å². The first-order valence-corrected chi connectivity index (χ1v) is 3.39. The Labute approximate surface area is 67.7 Å². The van der Waals surface area contributed by atoms with Gasteiger partial charge in [-0.2, -0.15) is 5.10 Å². The molecule has 3 N–H and O–H groups in total. The van der Waals surface area contributed by atoms with E-state index in [0.717, 1.165) is 4.68 Å². The monoisotopic (exact) mass is 164 g/mol. The predicted molar refractivity (Wildman–Crippen MR) is 42.5 cm³/mol. The van der Waals surface area contributed by atoms with Crippen molar-refractivity contribution in [2.24, 2.45) is 7.05 Å². The van der Waals surface area contributed by atoms with E-state index in [0.29, 0.717) is 11.0 Å². The summed E-state index contributed by atoms with van der Waals surface area (Å²) in [5, 5.41) is 12.2. The van der Waals surface area contributed by atoms with Gasteiger partial charge in [0.05, 0.1) is 5.39 Å². The third-order valence-electron chi connectivity index (χ3n) is 1.63. The molecule has 62 valence electrons. The minimum Gasteiger partial charge on any atom is -0.336 e. The summed E-state index contributed by atoms with van der Waals surface area (Å²) in [6.07, 6.45) is 3.09. The highest BCUT2D eigenvalue weighted by molar-refractivity contribution is 5.71. The van der Waals surface area contributed by atoms with Crippen molar-refractivity contribution in [3.05, 3.63) is 18.0 Å². The van der Waals surface area contributed by atoms with Gasteiger partial charge in [-0.15, -0.1) is 0 Å². The van der Waals surface area contributed by atoms with E-state index in [4.69, 9.17) is 11.3 Å². The van der Waals surface area contributed by atoms with Crippen LogP contribution in [0.2, 0.25) is 0 Å². The molecule has 0 aliphatic heterocycles. The third kappa shape index (κ3) is 0.777. The van der Waals surface area contributed by atoms with Crippen molar-refractivity contribution >= 4 is 11.0 Å². The van der Waals surface area contributed by atoms with E-state index < -0.39 is 0 Å². The summed E-state index contributed by atoms with van der Waals surface area (Å²) in [5.41, 5.74) is 0.761. The highest BCUT2D eigenvalue weighted by Crippen LogP contribution is 1.99. The molecular weight excluding hydrogens is 156 g/mol. The molecule has 6 nitrogen and oxygen atoms in total. The van der Waals surface area contributed by atoms with Gasteiger partial charge in [-0.3, -0.25) is 10.1 Å². The van der Waals surface area contributed by atoms with Gasteiger partial charge in [0.15, 0.2) is 11.1 Å². The zero-order chi connectivity index (χ0) is 8.72. The van der Waals surface area contributed by atoms with E-state index in [2.05, 4.69) is 10.1 Å². The summed E-state index contributed by atoms with van der Waals surface area (Å²) in [6, 6.07) is 0. The molecule has 0 saturated carbocycles. The van der Waals surface area contributed by atoms with E-state index in [1.165, 1.54) is 6.33 Å². The summed E-state index contributed by atoms with van der Waals surface area (Å²) in [4.78, 5) is 3.95. The lowest BCUT2D eigenvalue weighted by Crippen LogP contribution is -2.26. The van der Waals surface area contributed by atoms with Crippen LogP contribution in [0.5, 0.6) is 0 Å². The minimum absolute atomic E-state index is 0.216. The third-order valence-corrected chi connectivity index (χ3v) is 1.63. The quantitative estimate of drug-likeness (QED) is 0.488. The van der Waals surface area contributed by atoms with Gasteiger partial charge in [-0.1, -0.05) is 0 Å². The normalized spacial score (nSPS) is 10.8. The van der Waals surface area contributed by atoms with E-state index >= 15 is 0 Å². The molecule has 0 saturated heterocycles. The lowest BCUT2D eigenvalue weighted by Gasteiger charge is -1.94. The van der Waals surface area contributed by atoms with E-state index in [-0.39, 0.29) is 5.49 Å². The van der Waals surface area contributed by atoms with Crippen molar-refractivity contribution in [2.45, 2.75) is 0 Å². The van der Waals surface area contributed by atoms with Crippen LogP contribution in [0.25, 0.3) is 11.0 Å². The number of nitrogens with zero attached hydrogens (tertiary/aromatic N) is 4. The fraction of sp³-hybridized carbons (Fsp3) is 0.167. The second-order valence-electron chi connectivity index (χ2n) is 2.54. The summed E-state index contributed by atoms with van der Waals surface area (Å²) >= 11 is 0. The maximum Gasteiger partial charge on any atom is 0.186 e. The Kier molecular flexibility index (Phi) is 1.18. The van der Waals surface area contributed by atoms with Gasteiger partial charge < -0.3 is 5.84 Å². The van der Waals surface area contributed by atoms with Crippen molar-refractivity contribution in [2.75, 3.05) is 5.84 Å². The van der Waals surface area contributed by atoms with Crippen LogP contribution < -0.4 is 11.3 Å². The maximum atomic E-state index is 7.55. The molecule has 2 aromatic heterocycles. The number of hydrogen-bond donors (Lipinski definition) is 2. The van der Waals surface area contributed by atoms with Crippen LogP contribution in [0.1, 0.15) is 0 Å². The van der Waals surface area contributed by atoms with Crippen LogP contribution >= 0.6 is 0 Å². The van der Waals surface area contributed by atoms with Crippen LogP contribution in [0.4, 0.5) is 0 Å². The van der Waals surface area contributed by atoms with Crippen molar-refractivity contribution in [1.82, 2.24) is 19.4 Å². The number of nitrogens with one attached hydrogen (secondary N) is 1. The molecular formula is C6H8N6. The van der Waals surface area contributed by atoms with Crippen molar-refractivity contribution < 1.29 is 0 Å². The molecule has 2 rings (SSSR count). The molecule has 12 heavy (non-hydrogen) atoms. The van der Waals surface area contributed by atoms with Gasteiger partial charge in [0.1, 0.15) is 6.33 Å². The second kappa shape index (κ2) is 2.07. The van der Waals surface area contributed by atoms with Crippen LogP contribution in [-0.2, 0) is 7.05 Å². The number of aromatic nitrogens is 4. The standard InChI is InChI=1S/C6H8N6/c1-11-2-4-5(7)12(8)3-9-6(4)10-11/h2-3,7H,8H2,1H3. The molecule has 0 unspecified atom stereocenters. The molecule has 0 aliphatic carbocycles. The van der Waals surface area contributed by atoms with Gasteiger partial charge in [0, 0.05) is 13.2 Å². The lowest BCUT2D eigenvalue weighted by atomic mass is 10.4. The number of aryl methyl sites for hydroxylation is 1. The molecule has 0 spiro atoms. The average Bonchev–Trinajstić information content (AvgIpc) is 2.39. The summed E-state index contributed by atoms with van der Waals surface area (Å²) in [6.45, 7) is 0. The summed E-state index contributed by atoms with van der Waals surface area (Å²) < 4.78 is 2.76. The van der Waals surface area contributed by atoms with E-state index in [9.17, 15) is 0 Å². The Morgan fingerprint density at radius 2 is 2.33 bits per heavy atom. The Morgan fingerprint density at radius 1 is 1.58 bits per heavy atom. The first-order chi connectivity index (χ1) is 5.68. The minimum atomic E-state index is 0.216. The van der Waals surface area contributed by atoms with Crippen molar-refractivity contribution in [3.8, 4) is 0 Å². The van der Waals surface area contributed by atoms with Crippen molar-refractivity contribution in [3.63, 3.8) is 0 Å². The molecule has 0 amide bonds. The first kappa shape index (κ1) is 6.84. The lowest BCUT2D eigenvalue weighted by molar-refractivity contribution is 0.775. The fourth-order valence-corrected chi connectivity index (χ4v) is 1.05. The number of nitrogens with two attached hydrogens (primary N) is 1. The Balaban J connectivity index is 2.99. The number of nitrogen functional groups attached to an aromatic ring is 1. The van der Waals surface area contributed by atoms with Gasteiger partial charge in [-0.05, 0) is 0 Å². The number of hydrogen-bond acceptors (Lipinski definition) is 4. The maximum absolute atomic E-state index is 7.55. The number of fused-ring (bicyclic) bond motifs is 1. The molecule has 0 atom stereocenters. The van der Waals surface area contributed by atoms with E-state index in [1.54, 1.807) is 17.9 Å². The van der Waals surface area contributed by atoms with Gasteiger partial charge in [0.2, 0.25) is 0 Å². The fourth-order valence-electron chi connectivity index (χ4n) is 1.05. The first-order valence-electron chi connectivity index (χ1n) is 3.39. The molecule has 0 aromatic carbocycles. The van der Waals surface area contributed by atoms with Gasteiger partial charge in [-0.25, -0.2) is 9.66 Å². The Bertz CT molecular complexity index is 478. The highest BCUT2D eigenvalue weighted by atomic mass is 15.3. The highest BCUT2D eigenvalue weighted by Gasteiger charge is 2.01. The predicted octanol–water partition coefficient (Wildman–Crippen LogP) is -1.04. The average molecular weight is 164 g/mol. The largest absolute Gasteiger partial charge is 0.336 e. The SMILES string of the molecule is Cn1cc2c(=N)n(N)cnc2n1. The molecule has 2 heterocycles. The molecule has 0 bridgehead atoms. The number of rotatable bonds is 0. The van der Waals surface area contributed by atoms with Crippen LogP contribution in [-0.4, -0.2) is 19.4 Å². The topological polar surface area (TPSA) is 85.5 Å². The zero-order valence-electron chi connectivity index (χ0n) is 6.52. The van der Waals surface area contributed by atoms with Crippen LogP contribution in [0, 0.1) is 5.41 Å². The zero-order valence-corrected chi connectivity index (χ0v) is 6.52. The summed E-state index contributed by atoms with van der Waals surface area (Å²) in [7, 11) is 1.78. The van der Waals surface area contributed by atoms with Gasteiger partial charge >= 0.3 is 0 Å². The van der Waals surface area contributed by atoms with Crippen molar-refractivity contribution in [1.29, 1.82) is 5.41 Å². The molecule has 0 fully saturated rings. The Hall–Kier alpha value is -1.85. The molecule has 0 aliphatic rings. The molecule has 0 radical (unpaired) electrons. The molecule has 2 aromatic rings.